The van der Waals surface area contributed by atoms with Crippen LogP contribution in [0.3, 0.4) is 0 Å². The molecule has 1 aromatic carbocycles. The number of hydrogen-bond acceptors (Lipinski definition) is 1. The lowest BCUT2D eigenvalue weighted by Crippen LogP contribution is -1.99. The molecular formula is C15H15NO. The van der Waals surface area contributed by atoms with Gasteiger partial charge in [-0.15, -0.1) is 0 Å². The van der Waals surface area contributed by atoms with E-state index in [1.807, 2.05) is 6.07 Å². The highest BCUT2D eigenvalue weighted by Gasteiger charge is 2.14. The Morgan fingerprint density at radius 1 is 1.24 bits per heavy atom. The molecule has 0 amide bonds. The molecule has 0 fully saturated rings. The van der Waals surface area contributed by atoms with Gasteiger partial charge < -0.3 is 10.1 Å². The van der Waals surface area contributed by atoms with E-state index in [1.54, 1.807) is 0 Å². The molecule has 3 rings (SSSR count). The lowest BCUT2D eigenvalue weighted by atomic mass is 9.95. The molecule has 0 unspecified atom stereocenters. The summed E-state index contributed by atoms with van der Waals surface area (Å²) in [4.78, 5) is 3.50. The van der Waals surface area contributed by atoms with Crippen LogP contribution in [0.4, 0.5) is 0 Å². The number of aliphatic hydroxyl groups excluding tert-OH is 1. The number of nitrogens with one attached hydrogen (secondary N) is 1. The second kappa shape index (κ2) is 4.27. The fourth-order valence-corrected chi connectivity index (χ4v) is 2.63. The van der Waals surface area contributed by atoms with Crippen molar-refractivity contribution in [3.05, 3.63) is 35.0 Å². The van der Waals surface area contributed by atoms with E-state index in [0.717, 1.165) is 5.56 Å². The summed E-state index contributed by atoms with van der Waals surface area (Å²) in [7, 11) is 0. The Balaban J connectivity index is 2.14. The van der Waals surface area contributed by atoms with Gasteiger partial charge in [0, 0.05) is 22.2 Å². The lowest BCUT2D eigenvalue weighted by molar-refractivity contribution is 0.350. The number of aromatic amines is 1. The highest BCUT2D eigenvalue weighted by atomic mass is 16.2. The largest absolute Gasteiger partial charge is 0.384 e. The summed E-state index contributed by atoms with van der Waals surface area (Å²) in [5.74, 6) is 5.67. The Morgan fingerprint density at radius 2 is 2.12 bits per heavy atom. The predicted octanol–water partition coefficient (Wildman–Crippen LogP) is 2.39. The van der Waals surface area contributed by atoms with Crippen LogP contribution in [0, 0.1) is 11.8 Å². The number of fused-ring (bicyclic) bond motifs is 3. The highest BCUT2D eigenvalue weighted by molar-refractivity contribution is 5.86. The van der Waals surface area contributed by atoms with Crippen LogP contribution in [0.5, 0.6) is 0 Å². The molecule has 0 atom stereocenters. The molecule has 0 saturated carbocycles. The third kappa shape index (κ3) is 1.83. The number of hydrogen-bond donors (Lipinski definition) is 2. The van der Waals surface area contributed by atoms with Crippen LogP contribution in [0.25, 0.3) is 10.9 Å². The second-order valence-electron chi connectivity index (χ2n) is 4.51. The number of aliphatic hydroxyl groups is 1. The van der Waals surface area contributed by atoms with Crippen molar-refractivity contribution in [2.75, 3.05) is 6.61 Å². The molecule has 0 spiro atoms. The van der Waals surface area contributed by atoms with Crippen molar-refractivity contribution in [2.24, 2.45) is 0 Å². The Hall–Kier alpha value is -1.72. The SMILES string of the molecule is OCC#Cc1ccc2[nH]c3c(c2c1)CCCC3. The predicted molar refractivity (Wildman–Crippen MR) is 68.9 cm³/mol. The summed E-state index contributed by atoms with van der Waals surface area (Å²) in [6.07, 6.45) is 4.91. The molecule has 1 aliphatic rings. The number of aromatic nitrogens is 1. The van der Waals surface area contributed by atoms with Crippen LogP contribution >= 0.6 is 0 Å². The summed E-state index contributed by atoms with van der Waals surface area (Å²) in [5, 5.41) is 10.0. The monoisotopic (exact) mass is 225 g/mol. The number of H-pyrrole nitrogens is 1. The fourth-order valence-electron chi connectivity index (χ4n) is 2.63. The van der Waals surface area contributed by atoms with Crippen LogP contribution in [0.15, 0.2) is 18.2 Å². The van der Waals surface area contributed by atoms with Crippen LogP contribution in [0.1, 0.15) is 29.7 Å². The van der Waals surface area contributed by atoms with Gasteiger partial charge in [-0.3, -0.25) is 0 Å². The maximum Gasteiger partial charge on any atom is 0.104 e. The first-order valence-electron chi connectivity index (χ1n) is 6.11. The van der Waals surface area contributed by atoms with E-state index in [1.165, 1.54) is 47.8 Å². The van der Waals surface area contributed by atoms with E-state index in [4.69, 9.17) is 5.11 Å². The maximum absolute atomic E-state index is 8.71. The molecule has 0 aliphatic heterocycles. The minimum atomic E-state index is -0.0801. The van der Waals surface area contributed by atoms with Crippen LogP contribution in [-0.4, -0.2) is 16.7 Å². The van der Waals surface area contributed by atoms with Crippen molar-refractivity contribution in [3.8, 4) is 11.8 Å². The maximum atomic E-state index is 8.71. The first kappa shape index (κ1) is 10.4. The molecule has 2 N–H and O–H groups in total. The van der Waals surface area contributed by atoms with Gasteiger partial charge in [0.05, 0.1) is 0 Å². The van der Waals surface area contributed by atoms with E-state index < -0.39 is 0 Å². The van der Waals surface area contributed by atoms with E-state index in [-0.39, 0.29) is 6.61 Å². The van der Waals surface area contributed by atoms with Crippen LogP contribution in [-0.2, 0) is 12.8 Å². The van der Waals surface area contributed by atoms with Crippen molar-refractivity contribution in [3.63, 3.8) is 0 Å². The van der Waals surface area contributed by atoms with E-state index >= 15 is 0 Å². The second-order valence-corrected chi connectivity index (χ2v) is 4.51. The molecular weight excluding hydrogens is 210 g/mol. The molecule has 1 aromatic heterocycles. The molecule has 86 valence electrons. The summed E-state index contributed by atoms with van der Waals surface area (Å²) in [6, 6.07) is 6.24. The van der Waals surface area contributed by atoms with Crippen LogP contribution < -0.4 is 0 Å². The minimum absolute atomic E-state index is 0.0801. The molecule has 1 aliphatic carbocycles. The zero-order chi connectivity index (χ0) is 11.7. The smallest absolute Gasteiger partial charge is 0.104 e. The van der Waals surface area contributed by atoms with Crippen molar-refractivity contribution < 1.29 is 5.11 Å². The van der Waals surface area contributed by atoms with Crippen molar-refractivity contribution in [1.29, 1.82) is 0 Å². The third-order valence-corrected chi connectivity index (χ3v) is 3.41. The molecule has 0 bridgehead atoms. The average molecular weight is 225 g/mol. The van der Waals surface area contributed by atoms with E-state index in [9.17, 15) is 0 Å². The molecule has 0 radical (unpaired) electrons. The van der Waals surface area contributed by atoms with Gasteiger partial charge in [0.2, 0.25) is 0 Å². The van der Waals surface area contributed by atoms with Gasteiger partial charge in [-0.25, -0.2) is 0 Å². The van der Waals surface area contributed by atoms with Gasteiger partial charge in [0.15, 0.2) is 0 Å². The first-order valence-corrected chi connectivity index (χ1v) is 6.11. The third-order valence-electron chi connectivity index (χ3n) is 3.41. The van der Waals surface area contributed by atoms with E-state index in [2.05, 4.69) is 29.0 Å². The van der Waals surface area contributed by atoms with Gasteiger partial charge >= 0.3 is 0 Å². The Morgan fingerprint density at radius 3 is 3.00 bits per heavy atom. The Kier molecular flexibility index (Phi) is 2.62. The van der Waals surface area contributed by atoms with Gasteiger partial charge in [-0.05, 0) is 49.4 Å². The summed E-state index contributed by atoms with van der Waals surface area (Å²) in [5.41, 5.74) is 5.07. The zero-order valence-electron chi connectivity index (χ0n) is 9.71. The molecule has 2 nitrogen and oxygen atoms in total. The van der Waals surface area contributed by atoms with Gasteiger partial charge in [-0.1, -0.05) is 11.8 Å². The van der Waals surface area contributed by atoms with Crippen molar-refractivity contribution in [2.45, 2.75) is 25.7 Å². The number of rotatable bonds is 0. The Labute approximate surface area is 101 Å². The first-order chi connectivity index (χ1) is 8.38. The van der Waals surface area contributed by atoms with Crippen molar-refractivity contribution in [1.82, 2.24) is 4.98 Å². The lowest BCUT2D eigenvalue weighted by Gasteiger charge is -2.10. The van der Waals surface area contributed by atoms with E-state index in [0.29, 0.717) is 0 Å². The summed E-state index contributed by atoms with van der Waals surface area (Å²) in [6.45, 7) is -0.0801. The number of aryl methyl sites for hydroxylation is 2. The quantitative estimate of drug-likeness (QED) is 0.663. The molecule has 0 saturated heterocycles. The van der Waals surface area contributed by atoms with Gasteiger partial charge in [0.1, 0.15) is 6.61 Å². The molecule has 2 heteroatoms. The average Bonchev–Trinajstić information content (AvgIpc) is 2.74. The van der Waals surface area contributed by atoms with Crippen molar-refractivity contribution >= 4 is 10.9 Å². The standard InChI is InChI=1S/C15H15NO/c17-9-3-4-11-7-8-15-13(10-11)12-5-1-2-6-14(12)16-15/h7-8,10,16-17H,1-2,5-6,9H2. The fraction of sp³-hybridized carbons (Fsp3) is 0.333. The summed E-state index contributed by atoms with van der Waals surface area (Å²) < 4.78 is 0. The van der Waals surface area contributed by atoms with Gasteiger partial charge in [0.25, 0.3) is 0 Å². The molecule has 1 heterocycles. The van der Waals surface area contributed by atoms with Crippen LogP contribution in [0.2, 0.25) is 0 Å². The summed E-state index contributed by atoms with van der Waals surface area (Å²) >= 11 is 0. The zero-order valence-corrected chi connectivity index (χ0v) is 9.71. The minimum Gasteiger partial charge on any atom is -0.384 e. The highest BCUT2D eigenvalue weighted by Crippen LogP contribution is 2.29. The Bertz CT molecular complexity index is 613. The molecule has 2 aromatic rings. The normalized spacial score (nSPS) is 14.2. The molecule has 17 heavy (non-hydrogen) atoms. The van der Waals surface area contributed by atoms with Gasteiger partial charge in [-0.2, -0.15) is 0 Å². The topological polar surface area (TPSA) is 36.0 Å². The number of benzene rings is 1.